The lowest BCUT2D eigenvalue weighted by Crippen LogP contribution is -2.32. The van der Waals surface area contributed by atoms with Gasteiger partial charge < -0.3 is 5.73 Å². The molecule has 0 aliphatic rings. The quantitative estimate of drug-likeness (QED) is 0.722. The zero-order valence-electron chi connectivity index (χ0n) is 8.60. The standard InChI is InChI=1S/C9H16N4O/c1-3-4-7(10)8(14)5-9-11-6-12-13(9)2/h6-7H,3-5,10H2,1-2H3. The predicted octanol–water partition coefficient (Wildman–Crippen LogP) is 0.0541. The summed E-state index contributed by atoms with van der Waals surface area (Å²) in [5.41, 5.74) is 5.69. The molecular weight excluding hydrogens is 180 g/mol. The Labute approximate surface area is 83.3 Å². The number of carbonyl (C=O) groups excluding carboxylic acids is 1. The third kappa shape index (κ3) is 2.63. The van der Waals surface area contributed by atoms with E-state index in [2.05, 4.69) is 10.1 Å². The smallest absolute Gasteiger partial charge is 0.157 e. The van der Waals surface area contributed by atoms with Crippen molar-refractivity contribution in [3.63, 3.8) is 0 Å². The molecule has 14 heavy (non-hydrogen) atoms. The molecule has 2 N–H and O–H groups in total. The van der Waals surface area contributed by atoms with E-state index in [0.29, 0.717) is 5.82 Å². The van der Waals surface area contributed by atoms with Crippen LogP contribution in [-0.2, 0) is 18.3 Å². The van der Waals surface area contributed by atoms with Gasteiger partial charge in [-0.05, 0) is 6.42 Å². The van der Waals surface area contributed by atoms with E-state index in [1.165, 1.54) is 6.33 Å². The first kappa shape index (κ1) is 10.8. The van der Waals surface area contributed by atoms with E-state index in [1.807, 2.05) is 6.92 Å². The van der Waals surface area contributed by atoms with Gasteiger partial charge in [0.05, 0.1) is 12.5 Å². The van der Waals surface area contributed by atoms with E-state index in [9.17, 15) is 4.79 Å². The molecular formula is C9H16N4O. The fraction of sp³-hybridized carbons (Fsp3) is 0.667. The van der Waals surface area contributed by atoms with E-state index >= 15 is 0 Å². The number of nitrogens with two attached hydrogens (primary N) is 1. The van der Waals surface area contributed by atoms with E-state index in [0.717, 1.165) is 12.8 Å². The lowest BCUT2D eigenvalue weighted by molar-refractivity contribution is -0.119. The Morgan fingerprint density at radius 2 is 2.43 bits per heavy atom. The van der Waals surface area contributed by atoms with Crippen LogP contribution in [0.2, 0.25) is 0 Å². The summed E-state index contributed by atoms with van der Waals surface area (Å²) >= 11 is 0. The van der Waals surface area contributed by atoms with Gasteiger partial charge in [-0.1, -0.05) is 13.3 Å². The molecule has 1 aromatic rings. The largest absolute Gasteiger partial charge is 0.321 e. The fourth-order valence-electron chi connectivity index (χ4n) is 1.24. The van der Waals surface area contributed by atoms with Gasteiger partial charge in [-0.25, -0.2) is 4.98 Å². The van der Waals surface area contributed by atoms with Crippen molar-refractivity contribution in [2.24, 2.45) is 12.8 Å². The molecule has 0 radical (unpaired) electrons. The maximum atomic E-state index is 11.5. The highest BCUT2D eigenvalue weighted by atomic mass is 16.1. The molecule has 1 heterocycles. The highest BCUT2D eigenvalue weighted by molar-refractivity contribution is 5.85. The Morgan fingerprint density at radius 3 is 2.93 bits per heavy atom. The molecule has 0 amide bonds. The van der Waals surface area contributed by atoms with E-state index in [1.54, 1.807) is 11.7 Å². The minimum Gasteiger partial charge on any atom is -0.321 e. The third-order valence-corrected chi connectivity index (χ3v) is 2.15. The van der Waals surface area contributed by atoms with Crippen LogP contribution in [0.5, 0.6) is 0 Å². The molecule has 0 aliphatic heterocycles. The van der Waals surface area contributed by atoms with Crippen molar-refractivity contribution in [2.75, 3.05) is 0 Å². The second-order valence-electron chi connectivity index (χ2n) is 3.34. The van der Waals surface area contributed by atoms with Gasteiger partial charge >= 0.3 is 0 Å². The van der Waals surface area contributed by atoms with E-state index in [4.69, 9.17) is 5.73 Å². The second kappa shape index (κ2) is 4.85. The molecule has 1 aromatic heterocycles. The van der Waals surface area contributed by atoms with Gasteiger partial charge in [0.2, 0.25) is 0 Å². The molecule has 0 saturated carbocycles. The van der Waals surface area contributed by atoms with Crippen molar-refractivity contribution in [1.29, 1.82) is 0 Å². The number of rotatable bonds is 5. The van der Waals surface area contributed by atoms with Crippen LogP contribution in [0.1, 0.15) is 25.6 Å². The van der Waals surface area contributed by atoms with Crippen molar-refractivity contribution in [3.8, 4) is 0 Å². The van der Waals surface area contributed by atoms with Gasteiger partial charge in [-0.15, -0.1) is 0 Å². The van der Waals surface area contributed by atoms with Crippen LogP contribution in [0, 0.1) is 0 Å². The van der Waals surface area contributed by atoms with Crippen molar-refractivity contribution >= 4 is 5.78 Å². The van der Waals surface area contributed by atoms with Crippen LogP contribution in [0.3, 0.4) is 0 Å². The van der Waals surface area contributed by atoms with Gasteiger partial charge in [-0.2, -0.15) is 5.10 Å². The summed E-state index contributed by atoms with van der Waals surface area (Å²) in [5, 5.41) is 3.89. The summed E-state index contributed by atoms with van der Waals surface area (Å²) in [6.45, 7) is 2.01. The number of nitrogens with zero attached hydrogens (tertiary/aromatic N) is 3. The SMILES string of the molecule is CCCC(N)C(=O)Cc1ncnn1C. The van der Waals surface area contributed by atoms with Crippen molar-refractivity contribution in [2.45, 2.75) is 32.2 Å². The number of carbonyl (C=O) groups is 1. The van der Waals surface area contributed by atoms with Crippen molar-refractivity contribution in [1.82, 2.24) is 14.8 Å². The Morgan fingerprint density at radius 1 is 1.71 bits per heavy atom. The normalized spacial score (nSPS) is 12.8. The predicted molar refractivity (Wildman–Crippen MR) is 52.6 cm³/mol. The minimum atomic E-state index is -0.364. The number of hydrogen-bond donors (Lipinski definition) is 1. The van der Waals surface area contributed by atoms with Crippen LogP contribution >= 0.6 is 0 Å². The molecule has 0 spiro atoms. The molecule has 78 valence electrons. The zero-order valence-corrected chi connectivity index (χ0v) is 8.60. The van der Waals surface area contributed by atoms with Gasteiger partial charge in [0.15, 0.2) is 5.78 Å². The topological polar surface area (TPSA) is 73.8 Å². The molecule has 0 aliphatic carbocycles. The maximum Gasteiger partial charge on any atom is 0.157 e. The molecule has 1 unspecified atom stereocenters. The lowest BCUT2D eigenvalue weighted by Gasteiger charge is -2.07. The molecule has 5 nitrogen and oxygen atoms in total. The van der Waals surface area contributed by atoms with Crippen molar-refractivity contribution in [3.05, 3.63) is 12.2 Å². The Hall–Kier alpha value is -1.23. The minimum absolute atomic E-state index is 0.0305. The van der Waals surface area contributed by atoms with Crippen LogP contribution in [0.25, 0.3) is 0 Å². The number of ketones is 1. The van der Waals surface area contributed by atoms with Crippen LogP contribution in [0.4, 0.5) is 0 Å². The van der Waals surface area contributed by atoms with Crippen LogP contribution < -0.4 is 5.73 Å². The Bertz CT molecular complexity index is 308. The number of hydrogen-bond acceptors (Lipinski definition) is 4. The highest BCUT2D eigenvalue weighted by Gasteiger charge is 2.15. The summed E-state index contributed by atoms with van der Waals surface area (Å²) in [5.74, 6) is 0.699. The first-order valence-corrected chi connectivity index (χ1v) is 4.76. The number of Topliss-reactive ketones (excluding diaryl/α,β-unsaturated/α-hetero) is 1. The first-order valence-electron chi connectivity index (χ1n) is 4.76. The number of aromatic nitrogens is 3. The molecule has 0 aromatic carbocycles. The first-order chi connectivity index (χ1) is 6.65. The van der Waals surface area contributed by atoms with Crippen molar-refractivity contribution < 1.29 is 4.79 Å². The third-order valence-electron chi connectivity index (χ3n) is 2.15. The van der Waals surface area contributed by atoms with Crippen LogP contribution in [-0.4, -0.2) is 26.6 Å². The average molecular weight is 196 g/mol. The summed E-state index contributed by atoms with van der Waals surface area (Å²) in [4.78, 5) is 15.5. The summed E-state index contributed by atoms with van der Waals surface area (Å²) in [6.07, 6.45) is 3.37. The van der Waals surface area contributed by atoms with Gasteiger partial charge in [0.1, 0.15) is 12.2 Å². The number of aryl methyl sites for hydroxylation is 1. The molecule has 1 rings (SSSR count). The second-order valence-corrected chi connectivity index (χ2v) is 3.34. The molecule has 0 bridgehead atoms. The monoisotopic (exact) mass is 196 g/mol. The Balaban J connectivity index is 2.53. The highest BCUT2D eigenvalue weighted by Crippen LogP contribution is 2.00. The van der Waals surface area contributed by atoms with Gasteiger partial charge in [0.25, 0.3) is 0 Å². The lowest BCUT2D eigenvalue weighted by atomic mass is 10.1. The summed E-state index contributed by atoms with van der Waals surface area (Å²) < 4.78 is 1.59. The molecule has 0 fully saturated rings. The van der Waals surface area contributed by atoms with E-state index in [-0.39, 0.29) is 18.2 Å². The summed E-state index contributed by atoms with van der Waals surface area (Å²) in [6, 6.07) is -0.364. The summed E-state index contributed by atoms with van der Waals surface area (Å²) in [7, 11) is 1.76. The fourth-order valence-corrected chi connectivity index (χ4v) is 1.24. The zero-order chi connectivity index (χ0) is 10.6. The maximum absolute atomic E-state index is 11.5. The average Bonchev–Trinajstić information content (AvgIpc) is 2.52. The molecule has 5 heteroatoms. The molecule has 0 saturated heterocycles. The van der Waals surface area contributed by atoms with Gasteiger partial charge in [0, 0.05) is 7.05 Å². The van der Waals surface area contributed by atoms with Crippen LogP contribution in [0.15, 0.2) is 6.33 Å². The molecule has 1 atom stereocenters. The Kier molecular flexibility index (Phi) is 3.76. The van der Waals surface area contributed by atoms with E-state index < -0.39 is 0 Å². The van der Waals surface area contributed by atoms with Gasteiger partial charge in [-0.3, -0.25) is 9.48 Å².